The molecular weight excluding hydrogens is 462 g/mol. The fraction of sp³-hybridized carbons (Fsp3) is 0.211. The number of carbonyl (C=O) groups is 2. The molecule has 12 heteroatoms. The molecule has 9 nitrogen and oxygen atoms in total. The van der Waals surface area contributed by atoms with Gasteiger partial charge in [0.05, 0.1) is 26.3 Å². The maximum atomic E-state index is 12.2. The molecule has 0 aliphatic rings. The highest BCUT2D eigenvalue weighted by Crippen LogP contribution is 2.34. The maximum absolute atomic E-state index is 12.2. The van der Waals surface area contributed by atoms with Crippen LogP contribution in [0, 0.1) is 6.92 Å². The van der Waals surface area contributed by atoms with Gasteiger partial charge in [0.1, 0.15) is 16.2 Å². The number of halogens is 1. The van der Waals surface area contributed by atoms with Crippen molar-refractivity contribution in [3.8, 4) is 0 Å². The molecule has 0 aliphatic carbocycles. The Hall–Kier alpha value is -3.02. The van der Waals surface area contributed by atoms with Crippen LogP contribution in [0.1, 0.15) is 31.2 Å². The third kappa shape index (κ3) is 5.37. The number of thiophene rings is 1. The minimum Gasteiger partial charge on any atom is -0.465 e. The number of nitrogens with one attached hydrogen (secondary N) is 2. The van der Waals surface area contributed by atoms with Gasteiger partial charge in [0, 0.05) is 5.02 Å². The van der Waals surface area contributed by atoms with Crippen LogP contribution < -0.4 is 10.6 Å². The van der Waals surface area contributed by atoms with Gasteiger partial charge in [-0.1, -0.05) is 23.7 Å². The smallest absolute Gasteiger partial charge is 0.348 e. The van der Waals surface area contributed by atoms with Crippen LogP contribution >= 0.6 is 35.2 Å². The Morgan fingerprint density at radius 3 is 2.65 bits per heavy atom. The molecule has 1 aromatic carbocycles. The van der Waals surface area contributed by atoms with Crippen LogP contribution in [0.2, 0.25) is 5.02 Å². The molecule has 0 amide bonds. The van der Waals surface area contributed by atoms with E-state index in [-0.39, 0.29) is 21.5 Å². The zero-order chi connectivity index (χ0) is 22.5. The second kappa shape index (κ2) is 9.86. The lowest BCUT2D eigenvalue weighted by Gasteiger charge is -2.08. The third-order valence-electron chi connectivity index (χ3n) is 4.13. The van der Waals surface area contributed by atoms with E-state index >= 15 is 0 Å². The Bertz CT molecular complexity index is 1140. The van der Waals surface area contributed by atoms with Gasteiger partial charge in [0.25, 0.3) is 0 Å². The van der Waals surface area contributed by atoms with Gasteiger partial charge in [0.2, 0.25) is 5.95 Å². The molecule has 31 heavy (non-hydrogen) atoms. The van der Waals surface area contributed by atoms with Crippen molar-refractivity contribution in [1.82, 2.24) is 14.8 Å². The molecular formula is C19H18ClN5O4S2. The molecule has 2 aromatic heterocycles. The van der Waals surface area contributed by atoms with Gasteiger partial charge in [-0.3, -0.25) is 5.32 Å². The van der Waals surface area contributed by atoms with Crippen molar-refractivity contribution in [2.75, 3.05) is 24.9 Å². The van der Waals surface area contributed by atoms with Crippen LogP contribution in [0.15, 0.2) is 30.6 Å². The van der Waals surface area contributed by atoms with Crippen molar-refractivity contribution < 1.29 is 19.1 Å². The zero-order valence-electron chi connectivity index (χ0n) is 16.8. The van der Waals surface area contributed by atoms with Gasteiger partial charge in [-0.25, -0.2) is 19.3 Å². The van der Waals surface area contributed by atoms with E-state index in [4.69, 9.17) is 33.3 Å². The van der Waals surface area contributed by atoms with Crippen molar-refractivity contribution >= 4 is 63.2 Å². The normalized spacial score (nSPS) is 10.5. The van der Waals surface area contributed by atoms with Crippen molar-refractivity contribution in [3.63, 3.8) is 0 Å². The Morgan fingerprint density at radius 1 is 1.23 bits per heavy atom. The van der Waals surface area contributed by atoms with Crippen LogP contribution in [0.5, 0.6) is 0 Å². The molecule has 0 unspecified atom stereocenters. The molecule has 0 saturated heterocycles. The largest absolute Gasteiger partial charge is 0.465 e. The Balaban J connectivity index is 1.73. The standard InChI is InChI=1S/C19H18ClN5O4S2/c1-10-13(16(26)28-2)15(31-14(10)17(27)29-3)22-19(30)23-18-21-9-25(24-18)8-11-5-4-6-12(20)7-11/h4-7,9H,8H2,1-3H3,(H2,22,23,24,30). The first-order valence-corrected chi connectivity index (χ1v) is 10.4. The van der Waals surface area contributed by atoms with E-state index in [1.165, 1.54) is 14.2 Å². The first-order valence-electron chi connectivity index (χ1n) is 8.84. The lowest BCUT2D eigenvalue weighted by molar-refractivity contribution is 0.0601. The van der Waals surface area contributed by atoms with Gasteiger partial charge < -0.3 is 14.8 Å². The second-order valence-electron chi connectivity index (χ2n) is 6.22. The number of aromatic nitrogens is 3. The number of nitrogens with zero attached hydrogens (tertiary/aromatic N) is 3. The summed E-state index contributed by atoms with van der Waals surface area (Å²) < 4.78 is 11.2. The summed E-state index contributed by atoms with van der Waals surface area (Å²) in [5.74, 6) is -0.889. The first-order chi connectivity index (χ1) is 14.8. The van der Waals surface area contributed by atoms with Crippen molar-refractivity contribution in [2.45, 2.75) is 13.5 Å². The van der Waals surface area contributed by atoms with Crippen molar-refractivity contribution in [2.24, 2.45) is 0 Å². The minimum atomic E-state index is -0.599. The van der Waals surface area contributed by atoms with Gasteiger partial charge in [-0.2, -0.15) is 0 Å². The van der Waals surface area contributed by atoms with Crippen molar-refractivity contribution in [1.29, 1.82) is 0 Å². The fourth-order valence-electron chi connectivity index (χ4n) is 2.72. The number of thiocarbonyl (C=S) groups is 1. The fourth-order valence-corrected chi connectivity index (χ4v) is 4.31. The van der Waals surface area contributed by atoms with Crippen LogP contribution in [-0.4, -0.2) is 46.0 Å². The number of ether oxygens (including phenoxy) is 2. The van der Waals surface area contributed by atoms with Crippen LogP contribution in [-0.2, 0) is 16.0 Å². The highest BCUT2D eigenvalue weighted by Gasteiger charge is 2.26. The van der Waals surface area contributed by atoms with Gasteiger partial charge in [0.15, 0.2) is 5.11 Å². The van der Waals surface area contributed by atoms with E-state index in [1.807, 2.05) is 18.2 Å². The van der Waals surface area contributed by atoms with E-state index in [9.17, 15) is 9.59 Å². The minimum absolute atomic E-state index is 0.142. The van der Waals surface area contributed by atoms with Gasteiger partial charge in [-0.05, 0) is 42.4 Å². The molecule has 0 atom stereocenters. The molecule has 0 bridgehead atoms. The molecule has 0 saturated carbocycles. The molecule has 3 rings (SSSR count). The number of rotatable bonds is 6. The molecule has 2 heterocycles. The first kappa shape index (κ1) is 22.7. The predicted octanol–water partition coefficient (Wildman–Crippen LogP) is 3.73. The second-order valence-corrected chi connectivity index (χ2v) is 8.08. The summed E-state index contributed by atoms with van der Waals surface area (Å²) in [5, 5.41) is 11.2. The third-order valence-corrected chi connectivity index (χ3v) is 5.76. The predicted molar refractivity (Wildman–Crippen MR) is 122 cm³/mol. The summed E-state index contributed by atoms with van der Waals surface area (Å²) in [6, 6.07) is 7.43. The summed E-state index contributed by atoms with van der Waals surface area (Å²) in [4.78, 5) is 28.6. The number of benzene rings is 1. The number of hydrogen-bond acceptors (Lipinski definition) is 8. The lowest BCUT2D eigenvalue weighted by Crippen LogP contribution is -2.21. The number of esters is 2. The SMILES string of the molecule is COC(=O)c1sc(NC(=S)Nc2ncn(Cc3cccc(Cl)c3)n2)c(C(=O)OC)c1C. The van der Waals surface area contributed by atoms with Crippen LogP contribution in [0.25, 0.3) is 0 Å². The maximum Gasteiger partial charge on any atom is 0.348 e. The summed E-state index contributed by atoms with van der Waals surface area (Å²) in [6.07, 6.45) is 1.55. The summed E-state index contributed by atoms with van der Waals surface area (Å²) in [7, 11) is 2.53. The summed E-state index contributed by atoms with van der Waals surface area (Å²) in [6.45, 7) is 2.12. The lowest BCUT2D eigenvalue weighted by atomic mass is 10.1. The average molecular weight is 480 g/mol. The molecule has 3 aromatic rings. The van der Waals surface area contributed by atoms with E-state index in [2.05, 4.69) is 20.7 Å². The van der Waals surface area contributed by atoms with Crippen LogP contribution in [0.4, 0.5) is 10.9 Å². The Labute approximate surface area is 192 Å². The summed E-state index contributed by atoms with van der Waals surface area (Å²) in [5.41, 5.74) is 1.62. The van der Waals surface area contributed by atoms with Gasteiger partial charge >= 0.3 is 11.9 Å². The number of hydrogen-bond donors (Lipinski definition) is 2. The Kier molecular flexibility index (Phi) is 7.21. The van der Waals surface area contributed by atoms with Crippen LogP contribution in [0.3, 0.4) is 0 Å². The highest BCUT2D eigenvalue weighted by molar-refractivity contribution is 7.80. The molecule has 0 aliphatic heterocycles. The molecule has 0 radical (unpaired) electrons. The van der Waals surface area contributed by atoms with Crippen molar-refractivity contribution in [3.05, 3.63) is 57.2 Å². The molecule has 0 spiro atoms. The topological polar surface area (TPSA) is 107 Å². The molecule has 0 fully saturated rings. The highest BCUT2D eigenvalue weighted by atomic mass is 35.5. The number of methoxy groups -OCH3 is 2. The average Bonchev–Trinajstić information content (AvgIpc) is 3.30. The Morgan fingerprint density at radius 2 is 1.97 bits per heavy atom. The zero-order valence-corrected chi connectivity index (χ0v) is 19.2. The molecule has 2 N–H and O–H groups in total. The van der Waals surface area contributed by atoms with Gasteiger partial charge in [-0.15, -0.1) is 16.4 Å². The van der Waals surface area contributed by atoms with E-state index in [0.29, 0.717) is 22.1 Å². The summed E-state index contributed by atoms with van der Waals surface area (Å²) >= 11 is 12.4. The number of anilines is 2. The van der Waals surface area contributed by atoms with E-state index in [1.54, 1.807) is 24.0 Å². The number of carbonyl (C=O) groups excluding carboxylic acids is 2. The van der Waals surface area contributed by atoms with E-state index in [0.717, 1.165) is 16.9 Å². The quantitative estimate of drug-likeness (QED) is 0.403. The monoisotopic (exact) mass is 479 g/mol. The van der Waals surface area contributed by atoms with E-state index < -0.39 is 11.9 Å². The molecule has 162 valence electrons.